The molecule has 1 unspecified atom stereocenters. The number of aromatic hydroxyl groups is 1. The molecule has 282 valence electrons. The summed E-state index contributed by atoms with van der Waals surface area (Å²) in [6, 6.07) is 25.3. The maximum absolute atomic E-state index is 13.1. The lowest BCUT2D eigenvalue weighted by Crippen LogP contribution is -2.54. The van der Waals surface area contributed by atoms with Crippen LogP contribution in [0.25, 0.3) is 20.5 Å². The summed E-state index contributed by atoms with van der Waals surface area (Å²) in [4.78, 5) is 54.4. The highest BCUT2D eigenvalue weighted by Gasteiger charge is 2.44. The van der Waals surface area contributed by atoms with Crippen molar-refractivity contribution < 1.29 is 33.8 Å². The Balaban J connectivity index is 0.777. The SMILES string of the molecule is O=C1CCC(N2C(=O)c3ccc(NCCC4CCN(CCOc5ccc(Oc6c(-c7ccc(Br)cc7)sc7cc(O)ccc67)cc5)CC4)cc3C2=O)C(=O)N1. The number of nitrogens with one attached hydrogen (secondary N) is 2. The van der Waals surface area contributed by atoms with Crippen LogP contribution in [-0.2, 0) is 9.59 Å². The molecule has 55 heavy (non-hydrogen) atoms. The van der Waals surface area contributed by atoms with Crippen molar-refractivity contribution >= 4 is 66.7 Å². The van der Waals surface area contributed by atoms with Crippen molar-refractivity contribution in [2.45, 2.75) is 38.1 Å². The van der Waals surface area contributed by atoms with Crippen LogP contribution in [-0.4, -0.2) is 77.4 Å². The van der Waals surface area contributed by atoms with E-state index >= 15 is 0 Å². The fraction of sp³-hybridized carbons (Fsp3) is 0.286. The summed E-state index contributed by atoms with van der Waals surface area (Å²) in [5.41, 5.74) is 2.35. The Bertz CT molecular complexity index is 2270. The van der Waals surface area contributed by atoms with E-state index in [0.717, 1.165) is 92.5 Å². The summed E-state index contributed by atoms with van der Waals surface area (Å²) in [5, 5.41) is 16.7. The number of carbonyl (C=O) groups excluding carboxylic acids is 4. The zero-order valence-electron chi connectivity index (χ0n) is 29.9. The first-order valence-corrected chi connectivity index (χ1v) is 20.0. The molecule has 4 heterocycles. The molecule has 0 spiro atoms. The summed E-state index contributed by atoms with van der Waals surface area (Å²) in [6.45, 7) is 4.16. The van der Waals surface area contributed by atoms with E-state index < -0.39 is 29.7 Å². The molecule has 3 N–H and O–H groups in total. The van der Waals surface area contributed by atoms with Gasteiger partial charge in [-0.3, -0.25) is 34.3 Å². The van der Waals surface area contributed by atoms with Crippen LogP contribution in [0.5, 0.6) is 23.0 Å². The second kappa shape index (κ2) is 15.9. The number of benzene rings is 4. The first-order chi connectivity index (χ1) is 26.7. The number of amides is 4. The van der Waals surface area contributed by atoms with Crippen LogP contribution < -0.4 is 20.1 Å². The van der Waals surface area contributed by atoms with Crippen molar-refractivity contribution in [1.82, 2.24) is 15.1 Å². The number of imide groups is 2. The number of fused-ring (bicyclic) bond motifs is 2. The third-order valence-corrected chi connectivity index (χ3v) is 12.2. The van der Waals surface area contributed by atoms with Gasteiger partial charge in [-0.1, -0.05) is 28.1 Å². The summed E-state index contributed by atoms with van der Waals surface area (Å²) < 4.78 is 14.5. The van der Waals surface area contributed by atoms with Gasteiger partial charge in [0.05, 0.1) is 16.0 Å². The van der Waals surface area contributed by atoms with Gasteiger partial charge in [0, 0.05) is 39.8 Å². The van der Waals surface area contributed by atoms with Gasteiger partial charge in [0.2, 0.25) is 11.8 Å². The largest absolute Gasteiger partial charge is 0.508 e. The second-order valence-electron chi connectivity index (χ2n) is 14.1. The molecular formula is C42H39BrN4O7S. The van der Waals surface area contributed by atoms with E-state index in [9.17, 15) is 24.3 Å². The normalized spacial score (nSPS) is 17.8. The molecule has 2 fully saturated rings. The smallest absolute Gasteiger partial charge is 0.262 e. The Morgan fingerprint density at radius 3 is 2.36 bits per heavy atom. The minimum absolute atomic E-state index is 0.0913. The second-order valence-corrected chi connectivity index (χ2v) is 16.0. The van der Waals surface area contributed by atoms with Gasteiger partial charge in [0.25, 0.3) is 11.8 Å². The highest BCUT2D eigenvalue weighted by molar-refractivity contribution is 9.10. The predicted octanol–water partition coefficient (Wildman–Crippen LogP) is 7.82. The Morgan fingerprint density at radius 2 is 1.60 bits per heavy atom. The molecule has 3 aliphatic heterocycles. The Labute approximate surface area is 330 Å². The van der Waals surface area contributed by atoms with E-state index in [1.165, 1.54) is 0 Å². The molecule has 2 saturated heterocycles. The number of hydrogen-bond acceptors (Lipinski definition) is 10. The molecule has 5 aromatic rings. The van der Waals surface area contributed by atoms with Crippen molar-refractivity contribution in [3.8, 4) is 33.4 Å². The lowest BCUT2D eigenvalue weighted by atomic mass is 9.93. The van der Waals surface area contributed by atoms with E-state index in [0.29, 0.717) is 18.3 Å². The zero-order chi connectivity index (χ0) is 38.1. The van der Waals surface area contributed by atoms with Crippen LogP contribution in [0.1, 0.15) is 52.8 Å². The van der Waals surface area contributed by atoms with E-state index in [1.54, 1.807) is 41.7 Å². The van der Waals surface area contributed by atoms with Gasteiger partial charge in [0.15, 0.2) is 5.75 Å². The number of hydrogen-bond donors (Lipinski definition) is 3. The molecule has 0 saturated carbocycles. The minimum atomic E-state index is -0.972. The molecule has 0 radical (unpaired) electrons. The number of carbonyl (C=O) groups is 4. The molecule has 4 aromatic carbocycles. The van der Waals surface area contributed by atoms with Gasteiger partial charge in [-0.2, -0.15) is 0 Å². The fourth-order valence-corrected chi connectivity index (χ4v) is 8.90. The Hall–Kier alpha value is -5.24. The van der Waals surface area contributed by atoms with Crippen molar-refractivity contribution in [2.75, 3.05) is 38.1 Å². The van der Waals surface area contributed by atoms with Crippen molar-refractivity contribution in [1.29, 1.82) is 0 Å². The lowest BCUT2D eigenvalue weighted by molar-refractivity contribution is -0.136. The number of anilines is 1. The van der Waals surface area contributed by atoms with Gasteiger partial charge in [-0.25, -0.2) is 0 Å². The molecule has 13 heteroatoms. The number of piperidine rings is 2. The average molecular weight is 824 g/mol. The molecule has 3 aliphatic rings. The van der Waals surface area contributed by atoms with Crippen LogP contribution >= 0.6 is 27.3 Å². The quantitative estimate of drug-likeness (QED) is 0.108. The van der Waals surface area contributed by atoms with E-state index in [-0.39, 0.29) is 29.7 Å². The number of ether oxygens (including phenoxy) is 2. The van der Waals surface area contributed by atoms with Crippen molar-refractivity contribution in [2.24, 2.45) is 5.92 Å². The molecule has 1 aromatic heterocycles. The van der Waals surface area contributed by atoms with Gasteiger partial charge >= 0.3 is 0 Å². The summed E-state index contributed by atoms with van der Waals surface area (Å²) >= 11 is 5.10. The van der Waals surface area contributed by atoms with Crippen LogP contribution in [0.3, 0.4) is 0 Å². The topological polar surface area (TPSA) is 138 Å². The number of rotatable bonds is 12. The molecule has 8 rings (SSSR count). The van der Waals surface area contributed by atoms with Crippen LogP contribution in [0, 0.1) is 5.92 Å². The maximum atomic E-state index is 13.1. The highest BCUT2D eigenvalue weighted by Crippen LogP contribution is 2.47. The molecule has 4 amide bonds. The van der Waals surface area contributed by atoms with Crippen LogP contribution in [0.2, 0.25) is 0 Å². The molecule has 0 aliphatic carbocycles. The molecule has 1 atom stereocenters. The van der Waals surface area contributed by atoms with E-state index in [2.05, 4.69) is 31.5 Å². The number of thiophene rings is 1. The minimum Gasteiger partial charge on any atom is -0.508 e. The molecular weight excluding hydrogens is 784 g/mol. The number of phenols is 1. The number of halogens is 1. The van der Waals surface area contributed by atoms with Crippen molar-refractivity contribution in [3.63, 3.8) is 0 Å². The van der Waals surface area contributed by atoms with E-state index in [1.807, 2.05) is 54.6 Å². The summed E-state index contributed by atoms with van der Waals surface area (Å²) in [5.74, 6) is 1.03. The molecule has 11 nitrogen and oxygen atoms in total. The Kier molecular flexibility index (Phi) is 10.6. The molecule has 0 bridgehead atoms. The number of likely N-dealkylation sites (tertiary alicyclic amines) is 1. The lowest BCUT2D eigenvalue weighted by Gasteiger charge is -2.32. The van der Waals surface area contributed by atoms with Gasteiger partial charge in [-0.15, -0.1) is 11.3 Å². The summed E-state index contributed by atoms with van der Waals surface area (Å²) in [6.07, 6.45) is 3.39. The van der Waals surface area contributed by atoms with Gasteiger partial charge in [0.1, 0.15) is 29.9 Å². The third-order valence-electron chi connectivity index (χ3n) is 10.5. The zero-order valence-corrected chi connectivity index (χ0v) is 32.3. The standard InChI is InChI=1S/C42H39BrN4O7S/c43-27-3-1-26(2-4-27)39-38(33-12-6-29(48)24-36(33)55-39)54-31-9-7-30(8-10-31)53-22-21-46-19-16-25(17-20-46)15-18-44-28-5-11-32-34(23-28)42(52)47(41(32)51)35-13-14-37(49)45-40(35)50/h1-12,23-25,35,44,48H,13-22H2,(H,45,49,50). The van der Waals surface area contributed by atoms with Gasteiger partial charge in [-0.05, 0) is 123 Å². The van der Waals surface area contributed by atoms with Crippen LogP contribution in [0.4, 0.5) is 5.69 Å². The number of phenolic OH excluding ortho intramolecular Hbond substituents is 1. The predicted molar refractivity (Wildman–Crippen MR) is 214 cm³/mol. The third kappa shape index (κ3) is 7.96. The monoisotopic (exact) mass is 822 g/mol. The first kappa shape index (κ1) is 36.7. The fourth-order valence-electron chi connectivity index (χ4n) is 7.47. The summed E-state index contributed by atoms with van der Waals surface area (Å²) in [7, 11) is 0. The Morgan fingerprint density at radius 1 is 0.855 bits per heavy atom. The highest BCUT2D eigenvalue weighted by atomic mass is 79.9. The van der Waals surface area contributed by atoms with E-state index in [4.69, 9.17) is 9.47 Å². The maximum Gasteiger partial charge on any atom is 0.262 e. The number of nitrogens with zero attached hydrogens (tertiary/aromatic N) is 2. The van der Waals surface area contributed by atoms with Crippen LogP contribution in [0.15, 0.2) is 89.4 Å². The van der Waals surface area contributed by atoms with Gasteiger partial charge < -0.3 is 19.9 Å². The average Bonchev–Trinajstić information content (AvgIpc) is 3.65. The van der Waals surface area contributed by atoms with Crippen molar-refractivity contribution in [3.05, 3.63) is 101 Å². The first-order valence-electron chi connectivity index (χ1n) is 18.4.